The van der Waals surface area contributed by atoms with Crippen LogP contribution >= 0.6 is 0 Å². The van der Waals surface area contributed by atoms with E-state index >= 15 is 0 Å². The summed E-state index contributed by atoms with van der Waals surface area (Å²) in [6, 6.07) is 17.7. The molecule has 0 saturated heterocycles. The van der Waals surface area contributed by atoms with Crippen molar-refractivity contribution in [2.75, 3.05) is 25.1 Å². The van der Waals surface area contributed by atoms with Crippen LogP contribution in [0, 0.1) is 6.92 Å². The van der Waals surface area contributed by atoms with Gasteiger partial charge in [-0.2, -0.15) is 5.10 Å². The molecule has 0 aliphatic carbocycles. The maximum Gasteiger partial charge on any atom is 0.264 e. The van der Waals surface area contributed by atoms with Gasteiger partial charge in [-0.25, -0.2) is 13.8 Å². The van der Waals surface area contributed by atoms with E-state index in [1.54, 1.807) is 61.5 Å². The number of methoxy groups -OCH3 is 2. The van der Waals surface area contributed by atoms with Crippen LogP contribution in [0.15, 0.2) is 76.7 Å². The maximum absolute atomic E-state index is 13.5. The number of phenols is 1. The number of sulfonamides is 1. The molecule has 0 atom stereocenters. The number of benzene rings is 3. The first-order chi connectivity index (χ1) is 16.3. The molecule has 0 aliphatic heterocycles. The van der Waals surface area contributed by atoms with E-state index < -0.39 is 22.5 Å². The molecule has 9 nitrogen and oxygen atoms in total. The summed E-state index contributed by atoms with van der Waals surface area (Å²) >= 11 is 0. The van der Waals surface area contributed by atoms with Crippen LogP contribution in [0.2, 0.25) is 0 Å². The number of aromatic hydroxyl groups is 1. The van der Waals surface area contributed by atoms with Crippen LogP contribution in [0.1, 0.15) is 11.1 Å². The predicted molar refractivity (Wildman–Crippen MR) is 129 cm³/mol. The molecule has 0 fully saturated rings. The van der Waals surface area contributed by atoms with Gasteiger partial charge in [0.1, 0.15) is 12.3 Å². The summed E-state index contributed by atoms with van der Waals surface area (Å²) in [5, 5.41) is 14.0. The van der Waals surface area contributed by atoms with Gasteiger partial charge in [0.15, 0.2) is 11.5 Å². The van der Waals surface area contributed by atoms with Gasteiger partial charge >= 0.3 is 0 Å². The summed E-state index contributed by atoms with van der Waals surface area (Å²) in [5.74, 6) is -0.285. The van der Waals surface area contributed by atoms with Crippen molar-refractivity contribution in [1.29, 1.82) is 0 Å². The molecular formula is C24H25N3O6S. The van der Waals surface area contributed by atoms with E-state index in [1.807, 2.05) is 0 Å². The molecule has 34 heavy (non-hydrogen) atoms. The zero-order chi connectivity index (χ0) is 24.7. The normalized spacial score (nSPS) is 11.3. The van der Waals surface area contributed by atoms with Gasteiger partial charge in [-0.05, 0) is 48.9 Å². The molecule has 1 amide bonds. The molecule has 2 N–H and O–H groups in total. The number of carbonyl (C=O) groups is 1. The van der Waals surface area contributed by atoms with Crippen LogP contribution in [0.4, 0.5) is 5.69 Å². The van der Waals surface area contributed by atoms with Crippen LogP contribution in [-0.4, -0.2) is 46.4 Å². The molecule has 0 spiro atoms. The minimum Gasteiger partial charge on any atom is -0.504 e. The van der Waals surface area contributed by atoms with Crippen molar-refractivity contribution >= 4 is 27.8 Å². The Balaban J connectivity index is 1.91. The molecule has 0 unspecified atom stereocenters. The third-order valence-electron chi connectivity index (χ3n) is 4.86. The van der Waals surface area contributed by atoms with Crippen molar-refractivity contribution in [3.63, 3.8) is 0 Å². The highest BCUT2D eigenvalue weighted by Crippen LogP contribution is 2.33. The van der Waals surface area contributed by atoms with Gasteiger partial charge in [0.25, 0.3) is 15.9 Å². The number of para-hydroxylation sites is 1. The summed E-state index contributed by atoms with van der Waals surface area (Å²) in [6.07, 6.45) is 1.24. The molecule has 0 saturated carbocycles. The molecule has 0 radical (unpaired) electrons. The SMILES string of the molecule is COc1ccc(C)cc1N(CC(=O)NN=Cc1cccc(OC)c1O)S(=O)(=O)c1ccccc1. The molecular weight excluding hydrogens is 458 g/mol. The Hall–Kier alpha value is -4.05. The molecule has 3 rings (SSSR count). The number of rotatable bonds is 9. The van der Waals surface area contributed by atoms with Crippen molar-refractivity contribution in [3.05, 3.63) is 77.9 Å². The minimum absolute atomic E-state index is 0.0242. The van der Waals surface area contributed by atoms with Crippen molar-refractivity contribution in [3.8, 4) is 17.2 Å². The quantitative estimate of drug-likeness (QED) is 0.357. The van der Waals surface area contributed by atoms with Crippen LogP contribution in [0.3, 0.4) is 0 Å². The van der Waals surface area contributed by atoms with Gasteiger partial charge in [0.05, 0.1) is 31.0 Å². The van der Waals surface area contributed by atoms with Crippen molar-refractivity contribution in [2.45, 2.75) is 11.8 Å². The number of carbonyl (C=O) groups excluding carboxylic acids is 1. The standard InChI is InChI=1S/C24H25N3O6S/c1-17-12-13-21(32-2)20(14-17)27(34(30,31)19-9-5-4-6-10-19)16-23(28)26-25-15-18-8-7-11-22(33-3)24(18)29/h4-15,29H,16H2,1-3H3,(H,26,28). The zero-order valence-corrected chi connectivity index (χ0v) is 19.7. The molecule has 0 bridgehead atoms. The Morgan fingerprint density at radius 3 is 2.41 bits per heavy atom. The lowest BCUT2D eigenvalue weighted by molar-refractivity contribution is -0.119. The highest BCUT2D eigenvalue weighted by molar-refractivity contribution is 7.92. The highest BCUT2D eigenvalue weighted by atomic mass is 32.2. The Labute approximate surface area is 198 Å². The number of hydrogen-bond donors (Lipinski definition) is 2. The molecule has 0 heterocycles. The third-order valence-corrected chi connectivity index (χ3v) is 6.64. The number of nitrogens with one attached hydrogen (secondary N) is 1. The molecule has 3 aromatic rings. The fraction of sp³-hybridized carbons (Fsp3) is 0.167. The van der Waals surface area contributed by atoms with E-state index in [0.717, 1.165) is 9.87 Å². The van der Waals surface area contributed by atoms with Crippen molar-refractivity contribution in [2.24, 2.45) is 5.10 Å². The van der Waals surface area contributed by atoms with Crippen LogP contribution in [0.25, 0.3) is 0 Å². The average Bonchev–Trinajstić information content (AvgIpc) is 2.84. The lowest BCUT2D eigenvalue weighted by Crippen LogP contribution is -2.39. The monoisotopic (exact) mass is 483 g/mol. The van der Waals surface area contributed by atoms with E-state index in [1.165, 1.54) is 32.6 Å². The van der Waals surface area contributed by atoms with Crippen LogP contribution < -0.4 is 19.2 Å². The van der Waals surface area contributed by atoms with Crippen molar-refractivity contribution in [1.82, 2.24) is 5.43 Å². The fourth-order valence-corrected chi connectivity index (χ4v) is 4.61. The van der Waals surface area contributed by atoms with E-state index in [0.29, 0.717) is 11.3 Å². The molecule has 10 heteroatoms. The highest BCUT2D eigenvalue weighted by Gasteiger charge is 2.29. The lowest BCUT2D eigenvalue weighted by Gasteiger charge is -2.25. The lowest BCUT2D eigenvalue weighted by atomic mass is 10.2. The average molecular weight is 484 g/mol. The van der Waals surface area contributed by atoms with Crippen molar-refractivity contribution < 1.29 is 27.8 Å². The Kier molecular flexibility index (Phi) is 7.75. The second-order valence-electron chi connectivity index (χ2n) is 7.19. The van der Waals surface area contributed by atoms with Crippen LogP contribution in [-0.2, 0) is 14.8 Å². The van der Waals surface area contributed by atoms with E-state index in [2.05, 4.69) is 10.5 Å². The number of nitrogens with zero attached hydrogens (tertiary/aromatic N) is 2. The first-order valence-electron chi connectivity index (χ1n) is 10.2. The summed E-state index contributed by atoms with van der Waals surface area (Å²) in [6.45, 7) is 1.25. The Morgan fingerprint density at radius 2 is 1.74 bits per heavy atom. The fourth-order valence-electron chi connectivity index (χ4n) is 3.16. The van der Waals surface area contributed by atoms with Gasteiger partial charge in [-0.3, -0.25) is 9.10 Å². The van der Waals surface area contributed by atoms with Gasteiger partial charge in [-0.1, -0.05) is 30.3 Å². The molecule has 178 valence electrons. The summed E-state index contributed by atoms with van der Waals surface area (Å²) in [7, 11) is -1.27. The second kappa shape index (κ2) is 10.7. The number of anilines is 1. The topological polar surface area (TPSA) is 118 Å². The Bertz CT molecular complexity index is 1290. The minimum atomic E-state index is -4.11. The first kappa shape index (κ1) is 24.6. The van der Waals surface area contributed by atoms with Gasteiger partial charge < -0.3 is 14.6 Å². The third kappa shape index (κ3) is 5.46. The van der Waals surface area contributed by atoms with Gasteiger partial charge in [0.2, 0.25) is 0 Å². The number of aryl methyl sites for hydroxylation is 1. The number of hydrazone groups is 1. The molecule has 0 aromatic heterocycles. The van der Waals surface area contributed by atoms with Crippen LogP contribution in [0.5, 0.6) is 17.2 Å². The smallest absolute Gasteiger partial charge is 0.264 e. The second-order valence-corrected chi connectivity index (χ2v) is 9.05. The zero-order valence-electron chi connectivity index (χ0n) is 18.9. The molecule has 3 aromatic carbocycles. The summed E-state index contributed by atoms with van der Waals surface area (Å²) in [5.41, 5.74) is 3.62. The van der Waals surface area contributed by atoms with Gasteiger partial charge in [0, 0.05) is 5.56 Å². The van der Waals surface area contributed by atoms with E-state index in [-0.39, 0.29) is 22.1 Å². The predicted octanol–water partition coefficient (Wildman–Crippen LogP) is 3.06. The largest absolute Gasteiger partial charge is 0.504 e. The summed E-state index contributed by atoms with van der Waals surface area (Å²) < 4.78 is 38.3. The van der Waals surface area contributed by atoms with E-state index in [9.17, 15) is 18.3 Å². The summed E-state index contributed by atoms with van der Waals surface area (Å²) in [4.78, 5) is 12.8. The molecule has 0 aliphatic rings. The van der Waals surface area contributed by atoms with E-state index in [4.69, 9.17) is 9.47 Å². The maximum atomic E-state index is 13.5. The van der Waals surface area contributed by atoms with Gasteiger partial charge in [-0.15, -0.1) is 0 Å². The number of amides is 1. The Morgan fingerprint density at radius 1 is 1.03 bits per heavy atom. The first-order valence-corrected chi connectivity index (χ1v) is 11.6. The number of phenolic OH excluding ortho intramolecular Hbond substituents is 1. The number of hydrogen-bond acceptors (Lipinski definition) is 7. The number of ether oxygens (including phenoxy) is 2.